The van der Waals surface area contributed by atoms with E-state index >= 15 is 0 Å². The molecule has 0 bridgehead atoms. The molecule has 0 amide bonds. The number of fused-ring (bicyclic) bond motifs is 4. The molecule has 4 unspecified atom stereocenters. The molecule has 0 aromatic rings. The molecule has 0 aromatic carbocycles. The van der Waals surface area contributed by atoms with Crippen LogP contribution in [-0.4, -0.2) is 24.4 Å². The summed E-state index contributed by atoms with van der Waals surface area (Å²) in [5.74, 6) is 4.26. The van der Waals surface area contributed by atoms with E-state index in [9.17, 15) is 5.11 Å². The maximum atomic E-state index is 11.1. The molecule has 184 valence electrons. The fourth-order valence-corrected chi connectivity index (χ4v) is 11.3. The molecule has 5 rings (SSSR count). The molecule has 5 aliphatic carbocycles. The first-order valence-corrected chi connectivity index (χ1v) is 14.1. The van der Waals surface area contributed by atoms with Crippen LogP contribution in [0.4, 0.5) is 0 Å². The Kier molecular flexibility index (Phi) is 5.58. The Bertz CT molecular complexity index is 746. The van der Waals surface area contributed by atoms with Crippen molar-refractivity contribution in [3.63, 3.8) is 0 Å². The first kappa shape index (κ1) is 22.4. The lowest BCUT2D eigenvalue weighted by Crippen LogP contribution is -2.57. The van der Waals surface area contributed by atoms with E-state index in [0.717, 1.165) is 36.5 Å². The Morgan fingerprint density at radius 1 is 1.06 bits per heavy atom. The number of rotatable bonds is 7. The smallest absolute Gasteiger partial charge is 0.0638 e. The lowest BCUT2D eigenvalue weighted by Gasteiger charge is -2.61. The highest BCUT2D eigenvalue weighted by Gasteiger charge is 2.77. The number of hydrogen-bond donors (Lipinski definition) is 1. The van der Waals surface area contributed by atoms with Crippen LogP contribution in [0.25, 0.3) is 0 Å². The summed E-state index contributed by atoms with van der Waals surface area (Å²) in [7, 11) is 1.99. The number of aliphatic hydroxyl groups is 1. The maximum Gasteiger partial charge on any atom is 0.0638 e. The summed E-state index contributed by atoms with van der Waals surface area (Å²) in [6.45, 7) is 13.8. The van der Waals surface area contributed by atoms with Crippen LogP contribution in [-0.2, 0) is 4.74 Å². The lowest BCUT2D eigenvalue weighted by atomic mass is 9.45. The molecule has 32 heavy (non-hydrogen) atoms. The van der Waals surface area contributed by atoms with E-state index in [1.807, 2.05) is 21.0 Å². The van der Waals surface area contributed by atoms with E-state index in [-0.39, 0.29) is 12.0 Å². The van der Waals surface area contributed by atoms with Crippen molar-refractivity contribution in [2.75, 3.05) is 7.11 Å². The number of ether oxygens (including phenoxy) is 1. The van der Waals surface area contributed by atoms with Gasteiger partial charge in [0.1, 0.15) is 0 Å². The normalized spacial score (nSPS) is 52.8. The molecule has 1 spiro atoms. The molecule has 0 aromatic heterocycles. The van der Waals surface area contributed by atoms with Crippen LogP contribution in [0.1, 0.15) is 107 Å². The van der Waals surface area contributed by atoms with Gasteiger partial charge in [-0.05, 0) is 116 Å². The fourth-order valence-electron chi connectivity index (χ4n) is 11.3. The van der Waals surface area contributed by atoms with Crippen LogP contribution in [0.15, 0.2) is 0 Å². The van der Waals surface area contributed by atoms with Crippen LogP contribution in [0.5, 0.6) is 0 Å². The predicted octanol–water partition coefficient (Wildman–Crippen LogP) is 7.34. The summed E-state index contributed by atoms with van der Waals surface area (Å²) in [5.41, 5.74) is 1.44. The second kappa shape index (κ2) is 7.97. The van der Waals surface area contributed by atoms with Crippen LogP contribution >= 0.6 is 0 Å². The third kappa shape index (κ3) is 3.03. The average Bonchev–Trinajstić information content (AvgIpc) is 3.23. The van der Waals surface area contributed by atoms with Gasteiger partial charge in [-0.25, -0.2) is 0 Å². The Morgan fingerprint density at radius 3 is 2.44 bits per heavy atom. The van der Waals surface area contributed by atoms with Gasteiger partial charge in [0.25, 0.3) is 0 Å². The minimum Gasteiger partial charge on any atom is -0.393 e. The Balaban J connectivity index is 1.34. The molecular formula is C30H52O2. The first-order valence-electron chi connectivity index (χ1n) is 14.6. The van der Waals surface area contributed by atoms with Gasteiger partial charge in [0.2, 0.25) is 0 Å². The molecule has 2 nitrogen and oxygen atoms in total. The number of aliphatic hydroxyl groups excluding tert-OH is 1. The van der Waals surface area contributed by atoms with Gasteiger partial charge in [-0.1, -0.05) is 48.0 Å². The van der Waals surface area contributed by atoms with E-state index in [2.05, 4.69) is 27.7 Å². The van der Waals surface area contributed by atoms with E-state index in [1.165, 1.54) is 51.4 Å². The zero-order valence-electron chi connectivity index (χ0n) is 23.1. The second-order valence-electron chi connectivity index (χ2n) is 13.8. The Morgan fingerprint density at radius 2 is 1.81 bits per heavy atom. The monoisotopic (exact) mass is 445 g/mol. The summed E-state index contributed by atoms with van der Waals surface area (Å²) in [6.07, 6.45) is 13.0. The van der Waals surface area contributed by atoms with Gasteiger partial charge in [-0.2, -0.15) is 0 Å². The van der Waals surface area contributed by atoms with Crippen molar-refractivity contribution in [2.45, 2.75) is 118 Å². The van der Waals surface area contributed by atoms with Crippen molar-refractivity contribution >= 4 is 0 Å². The summed E-state index contributed by atoms with van der Waals surface area (Å²) < 4.78 is 14.8. The molecule has 0 heterocycles. The highest BCUT2D eigenvalue weighted by atomic mass is 16.5. The van der Waals surface area contributed by atoms with Crippen LogP contribution < -0.4 is 0 Å². The molecule has 0 aliphatic heterocycles. The average molecular weight is 446 g/mol. The van der Waals surface area contributed by atoms with Crippen molar-refractivity contribution in [3.05, 3.63) is 0 Å². The topological polar surface area (TPSA) is 29.5 Å². The number of methoxy groups -OCH3 is 1. The molecule has 2 heteroatoms. The van der Waals surface area contributed by atoms with Crippen LogP contribution in [0.2, 0.25) is 0 Å². The zero-order chi connectivity index (χ0) is 24.0. The van der Waals surface area contributed by atoms with Crippen LogP contribution in [0, 0.1) is 63.6 Å². The van der Waals surface area contributed by atoms with Gasteiger partial charge in [0.15, 0.2) is 0 Å². The van der Waals surface area contributed by atoms with Crippen molar-refractivity contribution in [2.24, 2.45) is 63.6 Å². The van der Waals surface area contributed by atoms with Gasteiger partial charge in [0.05, 0.1) is 12.2 Å². The first-order chi connectivity index (χ1) is 15.4. The van der Waals surface area contributed by atoms with Gasteiger partial charge in [-0.15, -0.1) is 0 Å². The third-order valence-electron chi connectivity index (χ3n) is 12.8. The zero-order valence-corrected chi connectivity index (χ0v) is 22.1. The highest BCUT2D eigenvalue weighted by molar-refractivity contribution is 5.26. The molecule has 0 saturated heterocycles. The van der Waals surface area contributed by atoms with E-state index in [4.69, 9.17) is 6.11 Å². The SMILES string of the molecule is [2H]C(C)(C)[C@H](CC)C(O)C[C@@H](C)[C@H]1CC[C@H]2[C@@H]3CC(OC)C45CC4CC[C@]5(C)[C@H]3CC[C@]12C. The van der Waals surface area contributed by atoms with E-state index in [1.54, 1.807) is 0 Å². The lowest BCUT2D eigenvalue weighted by molar-refractivity contribution is -0.161. The van der Waals surface area contributed by atoms with Crippen molar-refractivity contribution in [3.8, 4) is 0 Å². The van der Waals surface area contributed by atoms with Gasteiger partial charge in [0, 0.05) is 13.9 Å². The Labute approximate surface area is 200 Å². The molecule has 5 fully saturated rings. The highest BCUT2D eigenvalue weighted by Crippen LogP contribution is 2.82. The molecule has 12 atom stereocenters. The summed E-state index contributed by atoms with van der Waals surface area (Å²) >= 11 is 0. The van der Waals surface area contributed by atoms with Crippen molar-refractivity contribution < 1.29 is 11.2 Å². The second-order valence-corrected chi connectivity index (χ2v) is 13.8. The Hall–Kier alpha value is -0.0800. The molecule has 1 N–H and O–H groups in total. The summed E-state index contributed by atoms with van der Waals surface area (Å²) in [5, 5.41) is 11.1. The van der Waals surface area contributed by atoms with Crippen LogP contribution in [0.3, 0.4) is 0 Å². The summed E-state index contributed by atoms with van der Waals surface area (Å²) in [6, 6.07) is 0. The minimum absolute atomic E-state index is 0.0616. The van der Waals surface area contributed by atoms with Crippen molar-refractivity contribution in [1.29, 1.82) is 0 Å². The quantitative estimate of drug-likeness (QED) is 0.444. The third-order valence-corrected chi connectivity index (χ3v) is 12.8. The summed E-state index contributed by atoms with van der Waals surface area (Å²) in [4.78, 5) is 0. The van der Waals surface area contributed by atoms with Crippen molar-refractivity contribution in [1.82, 2.24) is 0 Å². The van der Waals surface area contributed by atoms with E-state index in [0.29, 0.717) is 34.2 Å². The van der Waals surface area contributed by atoms with E-state index < -0.39 is 5.89 Å². The predicted molar refractivity (Wildman–Crippen MR) is 132 cm³/mol. The van der Waals surface area contributed by atoms with Gasteiger partial charge >= 0.3 is 0 Å². The maximum absolute atomic E-state index is 11.1. The largest absolute Gasteiger partial charge is 0.393 e. The van der Waals surface area contributed by atoms with Gasteiger partial charge in [-0.3, -0.25) is 0 Å². The number of hydrogen-bond acceptors (Lipinski definition) is 2. The molecule has 0 radical (unpaired) electrons. The van der Waals surface area contributed by atoms with Gasteiger partial charge < -0.3 is 9.84 Å². The standard InChI is InChI=1S/C30H52O2/c1-8-21(18(2)3)26(31)15-19(4)23-9-10-24-22-16-27(32-7)30-17-20(30)11-14-29(30,6)25(22)12-13-28(23,24)5/h18-27,31H,8-17H2,1-7H3/t19-,20?,21+,22+,23-,24+,25+,26?,27?,28-,29-,30?/m1/s1/i18D. The molecular weight excluding hydrogens is 392 g/mol. The molecule has 5 saturated carbocycles. The minimum atomic E-state index is -0.571. The molecule has 5 aliphatic rings. The fraction of sp³-hybridized carbons (Fsp3) is 1.00.